The first-order chi connectivity index (χ1) is 8.66. The fourth-order valence-electron chi connectivity index (χ4n) is 2.51. The van der Waals surface area contributed by atoms with E-state index in [-0.39, 0.29) is 0 Å². The van der Waals surface area contributed by atoms with E-state index < -0.39 is 0 Å². The van der Waals surface area contributed by atoms with E-state index in [0.29, 0.717) is 12.1 Å². The van der Waals surface area contributed by atoms with Crippen LogP contribution < -0.4 is 5.32 Å². The largest absolute Gasteiger partial charge is 0.468 e. The molecule has 0 amide bonds. The summed E-state index contributed by atoms with van der Waals surface area (Å²) in [7, 11) is 6.40. The maximum atomic E-state index is 5.52. The Hall–Kier alpha value is -0.840. The van der Waals surface area contributed by atoms with E-state index in [1.54, 1.807) is 6.26 Å². The number of hydrogen-bond acceptors (Lipinski definition) is 4. The molecule has 0 radical (unpaired) electrons. The number of rotatable bonds is 5. The van der Waals surface area contributed by atoms with Crippen LogP contribution in [0.25, 0.3) is 0 Å². The first-order valence-electron chi connectivity index (χ1n) is 6.78. The number of hydrogen-bond donors (Lipinski definition) is 1. The lowest BCUT2D eigenvalue weighted by Crippen LogP contribution is -2.43. The summed E-state index contributed by atoms with van der Waals surface area (Å²) < 4.78 is 5.52. The van der Waals surface area contributed by atoms with Crippen LogP contribution in [0, 0.1) is 0 Å². The van der Waals surface area contributed by atoms with E-state index >= 15 is 0 Å². The summed E-state index contributed by atoms with van der Waals surface area (Å²) in [5, 5.41) is 3.68. The summed E-state index contributed by atoms with van der Waals surface area (Å²) in [5.41, 5.74) is 0. The Morgan fingerprint density at radius 1 is 1.44 bits per heavy atom. The average molecular weight is 251 g/mol. The summed E-state index contributed by atoms with van der Waals surface area (Å²) in [4.78, 5) is 4.61. The minimum absolute atomic E-state index is 0.319. The van der Waals surface area contributed by atoms with Crippen LogP contribution in [-0.2, 0) is 0 Å². The molecule has 1 aromatic rings. The molecule has 102 valence electrons. The molecule has 0 saturated carbocycles. The average Bonchev–Trinajstić information content (AvgIpc) is 2.85. The normalized spacial score (nSPS) is 20.4. The zero-order valence-corrected chi connectivity index (χ0v) is 11.7. The Morgan fingerprint density at radius 2 is 2.17 bits per heavy atom. The van der Waals surface area contributed by atoms with E-state index in [1.807, 2.05) is 6.07 Å². The highest BCUT2D eigenvalue weighted by molar-refractivity contribution is 5.05. The summed E-state index contributed by atoms with van der Waals surface area (Å²) in [6, 6.07) is 4.99. The molecule has 0 aromatic carbocycles. The van der Waals surface area contributed by atoms with E-state index in [1.165, 1.54) is 25.9 Å². The van der Waals surface area contributed by atoms with E-state index in [9.17, 15) is 0 Å². The molecule has 4 nitrogen and oxygen atoms in total. The second kappa shape index (κ2) is 6.36. The molecule has 1 unspecified atom stereocenters. The van der Waals surface area contributed by atoms with Crippen LogP contribution in [0.2, 0.25) is 0 Å². The number of nitrogens with one attached hydrogen (secondary N) is 1. The third-order valence-corrected chi connectivity index (χ3v) is 3.81. The summed E-state index contributed by atoms with van der Waals surface area (Å²) >= 11 is 0. The van der Waals surface area contributed by atoms with E-state index in [2.05, 4.69) is 42.3 Å². The molecule has 4 heteroatoms. The molecule has 1 N–H and O–H groups in total. The maximum absolute atomic E-state index is 5.52. The number of likely N-dealkylation sites (tertiary alicyclic amines) is 1. The van der Waals surface area contributed by atoms with Gasteiger partial charge in [-0.2, -0.15) is 0 Å². The molecule has 1 aromatic heterocycles. The molecule has 18 heavy (non-hydrogen) atoms. The standard InChI is InChI=1S/C14H25N3O/c1-16(2)13(14-5-4-10-18-14)11-15-12-6-8-17(3)9-7-12/h4-5,10,12-13,15H,6-9,11H2,1-3H3. The Morgan fingerprint density at radius 3 is 2.72 bits per heavy atom. The molecule has 0 spiro atoms. The molecule has 1 fully saturated rings. The molecule has 2 rings (SSSR count). The number of nitrogens with zero attached hydrogens (tertiary/aromatic N) is 2. The molecule has 1 atom stereocenters. The SMILES string of the molecule is CN1CCC(NCC(c2ccco2)N(C)C)CC1. The predicted octanol–water partition coefficient (Wildman–Crippen LogP) is 1.57. The second-order valence-corrected chi connectivity index (χ2v) is 5.48. The van der Waals surface area contributed by atoms with Crippen molar-refractivity contribution in [2.75, 3.05) is 40.8 Å². The monoisotopic (exact) mass is 251 g/mol. The van der Waals surface area contributed by atoms with Crippen LogP contribution in [0.5, 0.6) is 0 Å². The zero-order valence-electron chi connectivity index (χ0n) is 11.7. The molecule has 2 heterocycles. The molecule has 1 aliphatic heterocycles. The van der Waals surface area contributed by atoms with Gasteiger partial charge in [-0.15, -0.1) is 0 Å². The van der Waals surface area contributed by atoms with Crippen LogP contribution in [0.15, 0.2) is 22.8 Å². The van der Waals surface area contributed by atoms with Crippen molar-refractivity contribution >= 4 is 0 Å². The molecule has 0 bridgehead atoms. The minimum atomic E-state index is 0.319. The van der Waals surface area contributed by atoms with Gasteiger partial charge in [0.1, 0.15) is 5.76 Å². The third-order valence-electron chi connectivity index (χ3n) is 3.81. The van der Waals surface area contributed by atoms with E-state index in [0.717, 1.165) is 12.3 Å². The smallest absolute Gasteiger partial charge is 0.122 e. The summed E-state index contributed by atoms with van der Waals surface area (Å²) in [6.45, 7) is 3.35. The fourth-order valence-corrected chi connectivity index (χ4v) is 2.51. The van der Waals surface area contributed by atoms with Gasteiger partial charge in [-0.1, -0.05) is 0 Å². The highest BCUT2D eigenvalue weighted by Crippen LogP contribution is 2.18. The van der Waals surface area contributed by atoms with Crippen molar-refractivity contribution in [3.05, 3.63) is 24.2 Å². The van der Waals surface area contributed by atoms with Crippen molar-refractivity contribution in [1.29, 1.82) is 0 Å². The maximum Gasteiger partial charge on any atom is 0.122 e. The lowest BCUT2D eigenvalue weighted by Gasteiger charge is -2.31. The second-order valence-electron chi connectivity index (χ2n) is 5.48. The minimum Gasteiger partial charge on any atom is -0.468 e. The Labute approximate surface area is 110 Å². The Bertz CT molecular complexity index is 329. The topological polar surface area (TPSA) is 31.6 Å². The van der Waals surface area contributed by atoms with Crippen molar-refractivity contribution in [2.24, 2.45) is 0 Å². The first kappa shape index (κ1) is 13.6. The molecular formula is C14H25N3O. The first-order valence-corrected chi connectivity index (χ1v) is 6.78. The number of furan rings is 1. The van der Waals surface area contributed by atoms with Gasteiger partial charge in [0.05, 0.1) is 12.3 Å². The highest BCUT2D eigenvalue weighted by Gasteiger charge is 2.20. The quantitative estimate of drug-likeness (QED) is 0.861. The van der Waals surface area contributed by atoms with Crippen LogP contribution in [0.1, 0.15) is 24.6 Å². The zero-order chi connectivity index (χ0) is 13.0. The lowest BCUT2D eigenvalue weighted by atomic mass is 10.0. The lowest BCUT2D eigenvalue weighted by molar-refractivity contribution is 0.206. The molecule has 1 aliphatic rings. The van der Waals surface area contributed by atoms with Crippen LogP contribution in [-0.4, -0.2) is 56.6 Å². The Kier molecular flexibility index (Phi) is 4.80. The summed E-state index contributed by atoms with van der Waals surface area (Å²) in [5.74, 6) is 1.04. The van der Waals surface area contributed by atoms with Gasteiger partial charge in [-0.3, -0.25) is 4.90 Å². The van der Waals surface area contributed by atoms with Crippen molar-refractivity contribution in [3.8, 4) is 0 Å². The molecular weight excluding hydrogens is 226 g/mol. The van der Waals surface area contributed by atoms with Crippen molar-refractivity contribution in [1.82, 2.24) is 15.1 Å². The van der Waals surface area contributed by atoms with Gasteiger partial charge >= 0.3 is 0 Å². The van der Waals surface area contributed by atoms with Gasteiger partial charge < -0.3 is 14.6 Å². The van der Waals surface area contributed by atoms with Crippen LogP contribution in [0.3, 0.4) is 0 Å². The van der Waals surface area contributed by atoms with Gasteiger partial charge in [-0.25, -0.2) is 0 Å². The third kappa shape index (κ3) is 3.57. The highest BCUT2D eigenvalue weighted by atomic mass is 16.3. The van der Waals surface area contributed by atoms with Crippen molar-refractivity contribution in [3.63, 3.8) is 0 Å². The Balaban J connectivity index is 1.83. The molecule has 1 saturated heterocycles. The number of likely N-dealkylation sites (N-methyl/N-ethyl adjacent to an activating group) is 1. The predicted molar refractivity (Wildman–Crippen MR) is 73.7 cm³/mol. The number of piperidine rings is 1. The molecule has 0 aliphatic carbocycles. The fraction of sp³-hybridized carbons (Fsp3) is 0.714. The van der Waals surface area contributed by atoms with Crippen LogP contribution in [0.4, 0.5) is 0 Å². The van der Waals surface area contributed by atoms with E-state index in [4.69, 9.17) is 4.42 Å². The van der Waals surface area contributed by atoms with Gasteiger partial charge in [0.15, 0.2) is 0 Å². The van der Waals surface area contributed by atoms with Gasteiger partial charge in [-0.05, 0) is 59.2 Å². The van der Waals surface area contributed by atoms with Crippen molar-refractivity contribution < 1.29 is 4.42 Å². The van der Waals surface area contributed by atoms with Crippen LogP contribution >= 0.6 is 0 Å². The summed E-state index contributed by atoms with van der Waals surface area (Å²) in [6.07, 6.45) is 4.24. The van der Waals surface area contributed by atoms with Gasteiger partial charge in [0.25, 0.3) is 0 Å². The van der Waals surface area contributed by atoms with Gasteiger partial charge in [0, 0.05) is 12.6 Å². The van der Waals surface area contributed by atoms with Crippen molar-refractivity contribution in [2.45, 2.75) is 24.9 Å². The van der Waals surface area contributed by atoms with Gasteiger partial charge in [0.2, 0.25) is 0 Å².